The fourth-order valence-electron chi connectivity index (χ4n) is 2.51. The average molecular weight is 405 g/mol. The molecule has 2 aromatic rings. The molecule has 0 fully saturated rings. The maximum Gasteiger partial charge on any atom is 0.255 e. The summed E-state index contributed by atoms with van der Waals surface area (Å²) in [6.45, 7) is 4.86. The summed E-state index contributed by atoms with van der Waals surface area (Å²) in [6, 6.07) is 9.82. The van der Waals surface area contributed by atoms with Crippen LogP contribution in [-0.4, -0.2) is 32.1 Å². The Balaban J connectivity index is 2.24. The second kappa shape index (κ2) is 10.6. The fourth-order valence-corrected chi connectivity index (χ4v) is 2.77. The lowest BCUT2D eigenvalue weighted by atomic mass is 10.1. The van der Waals surface area contributed by atoms with Gasteiger partial charge in [-0.2, -0.15) is 0 Å². The van der Waals surface area contributed by atoms with Gasteiger partial charge < -0.3 is 20.1 Å². The lowest BCUT2D eigenvalue weighted by Gasteiger charge is -2.15. The van der Waals surface area contributed by atoms with Crippen molar-refractivity contribution in [2.75, 3.05) is 25.6 Å². The van der Waals surface area contributed by atoms with Crippen LogP contribution >= 0.6 is 11.6 Å². The molecule has 0 saturated carbocycles. The molecule has 2 amide bonds. The first-order valence-corrected chi connectivity index (χ1v) is 9.60. The van der Waals surface area contributed by atoms with Crippen molar-refractivity contribution in [2.45, 2.75) is 26.7 Å². The number of ether oxygens (including phenoxy) is 2. The zero-order chi connectivity index (χ0) is 20.5. The van der Waals surface area contributed by atoms with Crippen molar-refractivity contribution in [1.29, 1.82) is 0 Å². The number of hydrogen-bond acceptors (Lipinski definition) is 4. The first-order chi connectivity index (χ1) is 13.5. The number of anilines is 1. The predicted molar refractivity (Wildman–Crippen MR) is 111 cm³/mol. The number of halogens is 1. The van der Waals surface area contributed by atoms with Crippen molar-refractivity contribution in [2.24, 2.45) is 0 Å². The third-order valence-corrected chi connectivity index (χ3v) is 4.21. The van der Waals surface area contributed by atoms with Crippen LogP contribution in [0, 0.1) is 0 Å². The number of rotatable bonds is 9. The third-order valence-electron chi connectivity index (χ3n) is 3.93. The average Bonchev–Trinajstić information content (AvgIpc) is 2.69. The molecule has 0 saturated heterocycles. The highest BCUT2D eigenvalue weighted by molar-refractivity contribution is 6.32. The number of nitrogens with one attached hydrogen (secondary N) is 2. The van der Waals surface area contributed by atoms with Crippen LogP contribution in [0.1, 0.15) is 47.4 Å². The lowest BCUT2D eigenvalue weighted by Crippen LogP contribution is -2.18. The number of carbonyl (C=O) groups excluding carboxylic acids is 2. The van der Waals surface area contributed by atoms with Gasteiger partial charge >= 0.3 is 0 Å². The molecule has 0 atom stereocenters. The number of carbonyl (C=O) groups is 2. The van der Waals surface area contributed by atoms with Crippen LogP contribution in [0.15, 0.2) is 36.4 Å². The van der Waals surface area contributed by atoms with Gasteiger partial charge in [0.2, 0.25) is 0 Å². The summed E-state index contributed by atoms with van der Waals surface area (Å²) in [5, 5.41) is 5.63. The van der Waals surface area contributed by atoms with Gasteiger partial charge in [0.25, 0.3) is 11.8 Å². The lowest BCUT2D eigenvalue weighted by molar-refractivity contribution is 0.0961. The molecule has 150 valence electrons. The first kappa shape index (κ1) is 21.6. The van der Waals surface area contributed by atoms with Gasteiger partial charge in [-0.05, 0) is 43.7 Å². The predicted octanol–water partition coefficient (Wildman–Crippen LogP) is 4.53. The Kier molecular flexibility index (Phi) is 8.14. The van der Waals surface area contributed by atoms with Gasteiger partial charge in [0.05, 0.1) is 18.2 Å². The number of unbranched alkanes of at least 4 members (excludes halogenated alkanes) is 1. The van der Waals surface area contributed by atoms with E-state index in [0.717, 1.165) is 12.8 Å². The minimum Gasteiger partial charge on any atom is -0.490 e. The normalized spacial score (nSPS) is 10.3. The van der Waals surface area contributed by atoms with Gasteiger partial charge in [-0.3, -0.25) is 9.59 Å². The van der Waals surface area contributed by atoms with E-state index in [1.54, 1.807) is 43.4 Å². The Morgan fingerprint density at radius 3 is 2.50 bits per heavy atom. The molecule has 7 heteroatoms. The highest BCUT2D eigenvalue weighted by atomic mass is 35.5. The Bertz CT molecular complexity index is 839. The quantitative estimate of drug-likeness (QED) is 0.602. The highest BCUT2D eigenvalue weighted by Gasteiger charge is 2.17. The van der Waals surface area contributed by atoms with Gasteiger partial charge in [-0.25, -0.2) is 0 Å². The summed E-state index contributed by atoms with van der Waals surface area (Å²) in [4.78, 5) is 24.4. The molecular weight excluding hydrogens is 380 g/mol. The zero-order valence-electron chi connectivity index (χ0n) is 16.3. The van der Waals surface area contributed by atoms with Gasteiger partial charge in [-0.15, -0.1) is 0 Å². The zero-order valence-corrected chi connectivity index (χ0v) is 17.1. The Morgan fingerprint density at radius 1 is 1.04 bits per heavy atom. The highest BCUT2D eigenvalue weighted by Crippen LogP contribution is 2.37. The van der Waals surface area contributed by atoms with Gasteiger partial charge in [-0.1, -0.05) is 31.0 Å². The molecule has 0 radical (unpaired) electrons. The van der Waals surface area contributed by atoms with E-state index < -0.39 is 0 Å². The van der Waals surface area contributed by atoms with E-state index in [0.29, 0.717) is 46.5 Å². The molecule has 0 unspecified atom stereocenters. The molecule has 2 rings (SSSR count). The maximum atomic E-state index is 12.7. The molecule has 28 heavy (non-hydrogen) atoms. The van der Waals surface area contributed by atoms with E-state index in [1.807, 2.05) is 6.92 Å². The first-order valence-electron chi connectivity index (χ1n) is 9.22. The van der Waals surface area contributed by atoms with E-state index in [2.05, 4.69) is 17.6 Å². The number of hydrogen-bond donors (Lipinski definition) is 2. The summed E-state index contributed by atoms with van der Waals surface area (Å²) in [5.74, 6) is 0.272. The van der Waals surface area contributed by atoms with E-state index >= 15 is 0 Å². The third kappa shape index (κ3) is 5.63. The van der Waals surface area contributed by atoms with Crippen LogP contribution in [0.5, 0.6) is 11.5 Å². The van der Waals surface area contributed by atoms with Crippen LogP contribution in [0.25, 0.3) is 0 Å². The summed E-state index contributed by atoms with van der Waals surface area (Å²) in [7, 11) is 1.55. The summed E-state index contributed by atoms with van der Waals surface area (Å²) in [6.07, 6.45) is 1.89. The summed E-state index contributed by atoms with van der Waals surface area (Å²) in [5.41, 5.74) is 1.29. The van der Waals surface area contributed by atoms with Crippen molar-refractivity contribution in [3.63, 3.8) is 0 Å². The van der Waals surface area contributed by atoms with Crippen LogP contribution in [-0.2, 0) is 0 Å². The standard InChI is InChI=1S/C21H25ClN2O4/c1-4-6-10-28-19-17(22)12-15(13-18(19)27-5-2)21(26)24-16-9-7-8-14(11-16)20(25)23-3/h7-9,11-13H,4-6,10H2,1-3H3,(H,23,25)(H,24,26). The second-order valence-corrected chi connectivity index (χ2v) is 6.44. The van der Waals surface area contributed by atoms with Crippen LogP contribution in [0.4, 0.5) is 5.69 Å². The Morgan fingerprint density at radius 2 is 1.82 bits per heavy atom. The molecule has 0 bridgehead atoms. The molecular formula is C21H25ClN2O4. The SMILES string of the molecule is CCCCOc1c(Cl)cc(C(=O)Nc2cccc(C(=O)NC)c2)cc1OCC. The molecule has 0 spiro atoms. The fraction of sp³-hybridized carbons (Fsp3) is 0.333. The molecule has 2 N–H and O–H groups in total. The van der Waals surface area contributed by atoms with Gasteiger partial charge in [0.1, 0.15) is 0 Å². The molecule has 0 aliphatic carbocycles. The van der Waals surface area contributed by atoms with Crippen molar-refractivity contribution in [3.8, 4) is 11.5 Å². The molecule has 0 heterocycles. The maximum absolute atomic E-state index is 12.7. The Labute approximate surface area is 170 Å². The van der Waals surface area contributed by atoms with Crippen LogP contribution < -0.4 is 20.1 Å². The minimum absolute atomic E-state index is 0.230. The smallest absolute Gasteiger partial charge is 0.255 e. The summed E-state index contributed by atoms with van der Waals surface area (Å²) < 4.78 is 11.3. The van der Waals surface area contributed by atoms with E-state index in [9.17, 15) is 9.59 Å². The topological polar surface area (TPSA) is 76.7 Å². The monoisotopic (exact) mass is 404 g/mol. The largest absolute Gasteiger partial charge is 0.490 e. The van der Waals surface area contributed by atoms with Gasteiger partial charge in [0, 0.05) is 23.9 Å². The summed E-state index contributed by atoms with van der Waals surface area (Å²) >= 11 is 6.34. The minimum atomic E-state index is -0.364. The van der Waals surface area contributed by atoms with Crippen molar-refractivity contribution in [1.82, 2.24) is 5.32 Å². The van der Waals surface area contributed by atoms with Crippen LogP contribution in [0.3, 0.4) is 0 Å². The van der Waals surface area contributed by atoms with Crippen molar-refractivity contribution in [3.05, 3.63) is 52.5 Å². The van der Waals surface area contributed by atoms with E-state index in [-0.39, 0.29) is 11.8 Å². The number of amides is 2. The van der Waals surface area contributed by atoms with Crippen LogP contribution in [0.2, 0.25) is 5.02 Å². The molecule has 0 aliphatic heterocycles. The molecule has 0 aromatic heterocycles. The molecule has 0 aliphatic rings. The van der Waals surface area contributed by atoms with Gasteiger partial charge in [0.15, 0.2) is 11.5 Å². The van der Waals surface area contributed by atoms with Crippen molar-refractivity contribution < 1.29 is 19.1 Å². The van der Waals surface area contributed by atoms with Crippen molar-refractivity contribution >= 4 is 29.1 Å². The second-order valence-electron chi connectivity index (χ2n) is 6.03. The van der Waals surface area contributed by atoms with E-state index in [1.165, 1.54) is 0 Å². The molecule has 6 nitrogen and oxygen atoms in total. The Hall–Kier alpha value is -2.73. The van der Waals surface area contributed by atoms with E-state index in [4.69, 9.17) is 21.1 Å². The molecule has 2 aromatic carbocycles. The number of benzene rings is 2.